The average Bonchev–Trinajstić information content (AvgIpc) is 3.24. The van der Waals surface area contributed by atoms with Crippen LogP contribution in [0.15, 0.2) is 108 Å². The van der Waals surface area contributed by atoms with Gasteiger partial charge in [-0.25, -0.2) is 4.79 Å². The van der Waals surface area contributed by atoms with Crippen LogP contribution < -0.4 is 0 Å². The van der Waals surface area contributed by atoms with E-state index in [-0.39, 0.29) is 6.04 Å². The fourth-order valence-electron chi connectivity index (χ4n) is 4.52. The van der Waals surface area contributed by atoms with Crippen molar-refractivity contribution in [2.45, 2.75) is 57.5 Å². The van der Waals surface area contributed by atoms with E-state index in [0.717, 1.165) is 21.9 Å². The highest BCUT2D eigenvalue weighted by Crippen LogP contribution is 2.43. The quantitative estimate of drug-likeness (QED) is 0.252. The van der Waals surface area contributed by atoms with E-state index < -0.39 is 32.5 Å². The first-order chi connectivity index (χ1) is 17.8. The van der Waals surface area contributed by atoms with Gasteiger partial charge >= 0.3 is 6.09 Å². The van der Waals surface area contributed by atoms with Crippen molar-refractivity contribution in [1.82, 2.24) is 4.90 Å². The lowest BCUT2D eigenvalue weighted by Gasteiger charge is -2.28. The predicted octanol–water partition coefficient (Wildman–Crippen LogP) is 6.80. The zero-order valence-electron chi connectivity index (χ0n) is 21.9. The average molecular weight is 514 g/mol. The van der Waals surface area contributed by atoms with Crippen LogP contribution in [-0.2, 0) is 16.1 Å². The summed E-state index contributed by atoms with van der Waals surface area (Å²) in [5.74, 6) is 0. The minimum absolute atomic E-state index is 0.351. The van der Waals surface area contributed by atoms with Crippen molar-refractivity contribution in [3.63, 3.8) is 0 Å². The van der Waals surface area contributed by atoms with E-state index in [1.165, 1.54) is 0 Å². The van der Waals surface area contributed by atoms with Gasteiger partial charge in [0.2, 0.25) is 0 Å². The molecule has 1 saturated heterocycles. The van der Waals surface area contributed by atoms with Crippen LogP contribution in [0.25, 0.3) is 0 Å². The Labute approximate surface area is 220 Å². The van der Waals surface area contributed by atoms with Crippen molar-refractivity contribution in [3.05, 3.63) is 125 Å². The number of rotatable bonds is 9. The Balaban J connectivity index is 1.65. The first-order valence-corrected chi connectivity index (χ1v) is 16.2. The summed E-state index contributed by atoms with van der Waals surface area (Å²) in [5, 5.41) is 12.1. The molecule has 1 amide bonds. The summed E-state index contributed by atoms with van der Waals surface area (Å²) in [6.45, 7) is 8.74. The molecule has 1 aliphatic heterocycles. The van der Waals surface area contributed by atoms with Crippen LogP contribution in [-0.4, -0.2) is 36.4 Å². The molecule has 4 rings (SSSR count). The normalized spacial score (nSPS) is 19.1. The maximum absolute atomic E-state index is 13.1. The van der Waals surface area contributed by atoms with E-state index in [1.54, 1.807) is 11.1 Å². The molecule has 1 heterocycles. The number of hydrogen-bond donors (Lipinski definition) is 1. The van der Waals surface area contributed by atoms with E-state index in [0.29, 0.717) is 6.61 Å². The summed E-state index contributed by atoms with van der Waals surface area (Å²) in [7, 11) is -2.03. The number of carbonyl (C=O) groups excluding carboxylic acids is 1. The highest BCUT2D eigenvalue weighted by Gasteiger charge is 2.43. The Kier molecular flexibility index (Phi) is 8.47. The van der Waals surface area contributed by atoms with Gasteiger partial charge in [0.25, 0.3) is 0 Å². The monoisotopic (exact) mass is 513 g/mol. The highest BCUT2D eigenvalue weighted by molar-refractivity contribution is 6.83. The molecule has 1 fully saturated rings. The van der Waals surface area contributed by atoms with Gasteiger partial charge in [0.15, 0.2) is 6.10 Å². The lowest BCUT2D eigenvalue weighted by atomic mass is 9.96. The minimum Gasteiger partial charge on any atom is -0.438 e. The third-order valence-electron chi connectivity index (χ3n) is 6.56. The Hall–Kier alpha value is -3.41. The second-order valence-electron chi connectivity index (χ2n) is 10.4. The van der Waals surface area contributed by atoms with E-state index in [2.05, 4.69) is 25.4 Å². The zero-order chi connectivity index (χ0) is 26.4. The van der Waals surface area contributed by atoms with Crippen LogP contribution in [0, 0.1) is 0 Å². The molecule has 6 heteroatoms. The fraction of sp³-hybridized carbons (Fsp3) is 0.290. The van der Waals surface area contributed by atoms with E-state index in [1.807, 2.05) is 97.9 Å². The topological polar surface area (TPSA) is 59.0 Å². The van der Waals surface area contributed by atoms with Gasteiger partial charge in [-0.15, -0.1) is 5.73 Å². The Bertz CT molecular complexity index is 1230. The molecule has 4 atom stereocenters. The Morgan fingerprint density at radius 2 is 1.51 bits per heavy atom. The van der Waals surface area contributed by atoms with Gasteiger partial charge < -0.3 is 14.6 Å². The fourth-order valence-corrected chi connectivity index (χ4v) is 6.14. The molecular formula is C31H35NO4Si. The van der Waals surface area contributed by atoms with Crippen LogP contribution in [0.5, 0.6) is 0 Å². The molecule has 0 spiro atoms. The number of hydrogen-bond acceptors (Lipinski definition) is 4. The van der Waals surface area contributed by atoms with Crippen LogP contribution in [0.2, 0.25) is 19.6 Å². The van der Waals surface area contributed by atoms with Gasteiger partial charge in [0.05, 0.1) is 27.0 Å². The summed E-state index contributed by atoms with van der Waals surface area (Å²) < 4.78 is 11.9. The van der Waals surface area contributed by atoms with Crippen molar-refractivity contribution in [1.29, 1.82) is 0 Å². The number of nitrogens with zero attached hydrogens (tertiary/aromatic N) is 1. The maximum atomic E-state index is 13.1. The minimum atomic E-state index is -2.03. The van der Waals surface area contributed by atoms with Crippen molar-refractivity contribution in [2.75, 3.05) is 0 Å². The van der Waals surface area contributed by atoms with Crippen LogP contribution >= 0.6 is 0 Å². The second-order valence-corrected chi connectivity index (χ2v) is 15.4. The second kappa shape index (κ2) is 11.8. The third-order valence-corrected chi connectivity index (χ3v) is 8.61. The van der Waals surface area contributed by atoms with Crippen molar-refractivity contribution >= 4 is 14.2 Å². The smallest absolute Gasteiger partial charge is 0.415 e. The molecule has 37 heavy (non-hydrogen) atoms. The molecule has 0 unspecified atom stereocenters. The molecule has 1 N–H and O–H groups in total. The Morgan fingerprint density at radius 1 is 0.973 bits per heavy atom. The van der Waals surface area contributed by atoms with Crippen LogP contribution in [0.4, 0.5) is 4.79 Å². The van der Waals surface area contributed by atoms with Crippen LogP contribution in [0.3, 0.4) is 0 Å². The first-order valence-electron chi connectivity index (χ1n) is 12.7. The largest absolute Gasteiger partial charge is 0.438 e. The SMILES string of the molecule is C[C@@H](OCc1ccccc1)[C@@H](O)C(=C=CN1C(=O)O[C@H](c2ccccc2)[C@@H]1c1ccccc1)[Si](C)(C)C. The number of amides is 1. The molecule has 0 radical (unpaired) electrons. The molecule has 0 aromatic heterocycles. The summed E-state index contributed by atoms with van der Waals surface area (Å²) >= 11 is 0. The molecule has 0 aliphatic carbocycles. The number of cyclic esters (lactones) is 1. The first kappa shape index (κ1) is 26.6. The molecular weight excluding hydrogens is 478 g/mol. The van der Waals surface area contributed by atoms with Gasteiger partial charge in [-0.3, -0.25) is 4.90 Å². The van der Waals surface area contributed by atoms with Crippen molar-refractivity contribution in [2.24, 2.45) is 0 Å². The molecule has 0 bridgehead atoms. The van der Waals surface area contributed by atoms with Gasteiger partial charge in [-0.2, -0.15) is 0 Å². The number of carbonyl (C=O) groups is 1. The lowest BCUT2D eigenvalue weighted by molar-refractivity contribution is -0.0174. The van der Waals surface area contributed by atoms with Gasteiger partial charge in [-0.1, -0.05) is 111 Å². The number of aliphatic hydroxyl groups is 1. The zero-order valence-corrected chi connectivity index (χ0v) is 22.9. The lowest BCUT2D eigenvalue weighted by Crippen LogP contribution is -2.38. The van der Waals surface area contributed by atoms with Crippen molar-refractivity contribution < 1.29 is 19.4 Å². The van der Waals surface area contributed by atoms with Crippen molar-refractivity contribution in [3.8, 4) is 0 Å². The number of aliphatic hydroxyl groups excluding tert-OH is 1. The van der Waals surface area contributed by atoms with E-state index in [4.69, 9.17) is 9.47 Å². The molecule has 3 aromatic carbocycles. The standard InChI is InChI=1S/C31H35NO4Si/c1-23(35-22-24-14-8-5-9-15-24)29(33)27(37(2,3)4)20-21-32-28(25-16-10-6-11-17-25)30(36-31(32)34)26-18-12-7-13-19-26/h5-19,21,23,28-30,33H,22H2,1-4H3/t20?,23-,28+,29-,30-/m1/s1. The highest BCUT2D eigenvalue weighted by atomic mass is 28.3. The third kappa shape index (κ3) is 6.48. The van der Waals surface area contributed by atoms with Gasteiger partial charge in [-0.05, 0) is 28.8 Å². The predicted molar refractivity (Wildman–Crippen MR) is 148 cm³/mol. The molecule has 192 valence electrons. The van der Waals surface area contributed by atoms with Crippen LogP contribution in [0.1, 0.15) is 35.8 Å². The summed E-state index contributed by atoms with van der Waals surface area (Å²) in [4.78, 5) is 14.7. The summed E-state index contributed by atoms with van der Waals surface area (Å²) in [5.41, 5.74) is 6.28. The van der Waals surface area contributed by atoms with E-state index in [9.17, 15) is 9.90 Å². The van der Waals surface area contributed by atoms with Gasteiger partial charge in [0.1, 0.15) is 12.1 Å². The molecule has 0 saturated carbocycles. The van der Waals surface area contributed by atoms with Gasteiger partial charge in [0, 0.05) is 0 Å². The maximum Gasteiger partial charge on any atom is 0.415 e. The summed E-state index contributed by atoms with van der Waals surface area (Å²) in [6.07, 6.45) is -0.514. The Morgan fingerprint density at radius 3 is 2.08 bits per heavy atom. The number of ether oxygens (including phenoxy) is 2. The van der Waals surface area contributed by atoms with E-state index >= 15 is 0 Å². The molecule has 3 aromatic rings. The molecule has 5 nitrogen and oxygen atoms in total. The number of benzene rings is 3. The molecule has 1 aliphatic rings. The summed E-state index contributed by atoms with van der Waals surface area (Å²) in [6, 6.07) is 29.2.